The Morgan fingerprint density at radius 2 is 1.88 bits per heavy atom. The van der Waals surface area contributed by atoms with E-state index in [0.717, 1.165) is 19.5 Å². The van der Waals surface area contributed by atoms with Crippen LogP contribution in [0.5, 0.6) is 0 Å². The Hall–Kier alpha value is -0.570. The first kappa shape index (κ1) is 13.5. The highest BCUT2D eigenvalue weighted by Gasteiger charge is 2.41. The van der Waals surface area contributed by atoms with Crippen molar-refractivity contribution >= 4 is 5.97 Å². The minimum atomic E-state index is -0.447. The van der Waals surface area contributed by atoms with Gasteiger partial charge < -0.3 is 4.74 Å². The summed E-state index contributed by atoms with van der Waals surface area (Å²) in [5, 5.41) is 0. The molecule has 0 aromatic heterocycles. The molecule has 3 nitrogen and oxygen atoms in total. The van der Waals surface area contributed by atoms with Crippen LogP contribution in [0.3, 0.4) is 0 Å². The summed E-state index contributed by atoms with van der Waals surface area (Å²) < 4.78 is 4.95. The Labute approximate surface area is 99.1 Å². The number of hydrogen-bond donors (Lipinski definition) is 0. The van der Waals surface area contributed by atoms with Crippen LogP contribution in [0.4, 0.5) is 0 Å². The highest BCUT2D eigenvalue weighted by molar-refractivity contribution is 5.80. The van der Waals surface area contributed by atoms with E-state index in [9.17, 15) is 4.79 Å². The van der Waals surface area contributed by atoms with E-state index in [4.69, 9.17) is 4.74 Å². The van der Waals surface area contributed by atoms with Gasteiger partial charge in [0, 0.05) is 13.1 Å². The molecule has 1 saturated heterocycles. The van der Waals surface area contributed by atoms with E-state index in [-0.39, 0.29) is 5.97 Å². The van der Waals surface area contributed by atoms with Gasteiger partial charge in [-0.15, -0.1) is 0 Å². The summed E-state index contributed by atoms with van der Waals surface area (Å²) in [5.41, 5.74) is -0.447. The lowest BCUT2D eigenvalue weighted by atomic mass is 9.86. The van der Waals surface area contributed by atoms with Crippen molar-refractivity contribution in [3.63, 3.8) is 0 Å². The number of ether oxygens (including phenoxy) is 1. The maximum atomic E-state index is 11.9. The molecule has 0 N–H and O–H groups in total. The van der Waals surface area contributed by atoms with Crippen molar-refractivity contribution in [2.45, 2.75) is 46.1 Å². The summed E-state index contributed by atoms with van der Waals surface area (Å²) in [6.45, 7) is 10.6. The van der Waals surface area contributed by atoms with E-state index in [1.807, 2.05) is 6.92 Å². The van der Waals surface area contributed by atoms with Crippen molar-refractivity contribution in [2.75, 3.05) is 20.2 Å². The van der Waals surface area contributed by atoms with Crippen molar-refractivity contribution < 1.29 is 9.53 Å². The number of nitrogens with zero attached hydrogens (tertiary/aromatic N) is 1. The van der Waals surface area contributed by atoms with E-state index in [2.05, 4.69) is 25.7 Å². The number of methoxy groups -OCH3 is 1. The lowest BCUT2D eigenvalue weighted by Crippen LogP contribution is -2.57. The van der Waals surface area contributed by atoms with Crippen LogP contribution in [0.2, 0.25) is 0 Å². The van der Waals surface area contributed by atoms with E-state index in [0.29, 0.717) is 11.8 Å². The van der Waals surface area contributed by atoms with Gasteiger partial charge in [-0.1, -0.05) is 20.8 Å². The van der Waals surface area contributed by atoms with Crippen LogP contribution in [0.15, 0.2) is 0 Å². The third-order valence-electron chi connectivity index (χ3n) is 3.88. The fraction of sp³-hybridized carbons (Fsp3) is 0.923. The van der Waals surface area contributed by atoms with Crippen molar-refractivity contribution in [3.05, 3.63) is 0 Å². The number of rotatable bonds is 3. The number of piperidine rings is 1. The van der Waals surface area contributed by atoms with E-state index in [1.165, 1.54) is 13.5 Å². The molecule has 3 atom stereocenters. The molecule has 0 radical (unpaired) electrons. The third kappa shape index (κ3) is 2.57. The second kappa shape index (κ2) is 5.17. The van der Waals surface area contributed by atoms with Gasteiger partial charge in [-0.05, 0) is 31.6 Å². The Balaban J connectivity index is 2.83. The van der Waals surface area contributed by atoms with Gasteiger partial charge in [-0.2, -0.15) is 0 Å². The molecule has 1 aliphatic rings. The Morgan fingerprint density at radius 1 is 1.38 bits per heavy atom. The molecule has 94 valence electrons. The molecule has 1 aliphatic heterocycles. The largest absolute Gasteiger partial charge is 0.468 e. The predicted octanol–water partition coefficient (Wildman–Crippen LogP) is 2.31. The highest BCUT2D eigenvalue weighted by atomic mass is 16.5. The normalized spacial score (nSPS) is 30.8. The Bertz CT molecular complexity index is 244. The SMILES string of the molecule is CC[C@@](C)(C(=O)OC)N1C[C@H](C)C[C@@H](C)C1. The van der Waals surface area contributed by atoms with Gasteiger partial charge in [0.15, 0.2) is 0 Å². The predicted molar refractivity (Wildman–Crippen MR) is 65.2 cm³/mol. The smallest absolute Gasteiger partial charge is 0.325 e. The summed E-state index contributed by atoms with van der Waals surface area (Å²) in [6.07, 6.45) is 2.07. The summed E-state index contributed by atoms with van der Waals surface area (Å²) in [6, 6.07) is 0. The number of likely N-dealkylation sites (tertiary alicyclic amines) is 1. The molecule has 0 bridgehead atoms. The van der Waals surface area contributed by atoms with Crippen LogP contribution in [-0.4, -0.2) is 36.6 Å². The molecule has 0 amide bonds. The second-order valence-corrected chi connectivity index (χ2v) is 5.47. The standard InChI is InChI=1S/C13H25NO2/c1-6-13(4,12(15)16-5)14-8-10(2)7-11(3)9-14/h10-11H,6-9H2,1-5H3/t10-,11-,13+/m1/s1. The zero-order valence-corrected chi connectivity index (χ0v) is 11.2. The fourth-order valence-corrected chi connectivity index (χ4v) is 2.78. The zero-order valence-electron chi connectivity index (χ0n) is 11.2. The summed E-state index contributed by atoms with van der Waals surface area (Å²) in [4.78, 5) is 14.2. The number of esters is 1. The fourth-order valence-electron chi connectivity index (χ4n) is 2.78. The maximum absolute atomic E-state index is 11.9. The molecule has 0 spiro atoms. The van der Waals surface area contributed by atoms with Crippen molar-refractivity contribution in [1.29, 1.82) is 0 Å². The van der Waals surface area contributed by atoms with Crippen molar-refractivity contribution in [1.82, 2.24) is 4.90 Å². The van der Waals surface area contributed by atoms with Gasteiger partial charge in [0.05, 0.1) is 7.11 Å². The molecule has 0 unspecified atom stereocenters. The Morgan fingerprint density at radius 3 is 2.25 bits per heavy atom. The van der Waals surface area contributed by atoms with Gasteiger partial charge in [0.25, 0.3) is 0 Å². The zero-order chi connectivity index (χ0) is 12.3. The van der Waals surface area contributed by atoms with Crippen LogP contribution in [0.25, 0.3) is 0 Å². The lowest BCUT2D eigenvalue weighted by Gasteiger charge is -2.44. The van der Waals surface area contributed by atoms with E-state index >= 15 is 0 Å². The maximum Gasteiger partial charge on any atom is 0.325 e. The first-order valence-electron chi connectivity index (χ1n) is 6.27. The van der Waals surface area contributed by atoms with Crippen molar-refractivity contribution in [3.8, 4) is 0 Å². The van der Waals surface area contributed by atoms with Gasteiger partial charge in [-0.25, -0.2) is 0 Å². The molecular weight excluding hydrogens is 202 g/mol. The monoisotopic (exact) mass is 227 g/mol. The van der Waals surface area contributed by atoms with Gasteiger partial charge in [-0.3, -0.25) is 9.69 Å². The summed E-state index contributed by atoms with van der Waals surface area (Å²) in [5.74, 6) is 1.23. The molecule has 0 aromatic carbocycles. The van der Waals surface area contributed by atoms with Crippen molar-refractivity contribution in [2.24, 2.45) is 11.8 Å². The van der Waals surface area contributed by atoms with Crippen LogP contribution < -0.4 is 0 Å². The van der Waals surface area contributed by atoms with Crippen LogP contribution in [0.1, 0.15) is 40.5 Å². The summed E-state index contributed by atoms with van der Waals surface area (Å²) in [7, 11) is 1.48. The average molecular weight is 227 g/mol. The number of hydrogen-bond acceptors (Lipinski definition) is 3. The van der Waals surface area contributed by atoms with Crippen LogP contribution >= 0.6 is 0 Å². The minimum Gasteiger partial charge on any atom is -0.468 e. The molecule has 0 aliphatic carbocycles. The molecule has 0 aromatic rings. The molecule has 1 heterocycles. The molecule has 1 rings (SSSR count). The van der Waals surface area contributed by atoms with E-state index in [1.54, 1.807) is 0 Å². The van der Waals surface area contributed by atoms with Crippen LogP contribution in [-0.2, 0) is 9.53 Å². The molecular formula is C13H25NO2. The average Bonchev–Trinajstić information content (AvgIpc) is 2.25. The second-order valence-electron chi connectivity index (χ2n) is 5.47. The van der Waals surface area contributed by atoms with E-state index < -0.39 is 5.54 Å². The lowest BCUT2D eigenvalue weighted by molar-refractivity contribution is -0.156. The highest BCUT2D eigenvalue weighted by Crippen LogP contribution is 2.29. The molecule has 3 heteroatoms. The molecule has 16 heavy (non-hydrogen) atoms. The minimum absolute atomic E-state index is 0.101. The van der Waals surface area contributed by atoms with Gasteiger partial charge in [0.1, 0.15) is 5.54 Å². The number of carbonyl (C=O) groups is 1. The quantitative estimate of drug-likeness (QED) is 0.693. The molecule has 1 fully saturated rings. The first-order valence-corrected chi connectivity index (χ1v) is 6.27. The topological polar surface area (TPSA) is 29.5 Å². The molecule has 0 saturated carbocycles. The Kier molecular flexibility index (Phi) is 4.36. The van der Waals surface area contributed by atoms with Gasteiger partial charge in [0.2, 0.25) is 0 Å². The number of carbonyl (C=O) groups excluding carboxylic acids is 1. The van der Waals surface area contributed by atoms with Crippen LogP contribution in [0, 0.1) is 11.8 Å². The van der Waals surface area contributed by atoms with Gasteiger partial charge >= 0.3 is 5.97 Å². The first-order chi connectivity index (χ1) is 7.43. The summed E-state index contributed by atoms with van der Waals surface area (Å²) >= 11 is 0. The third-order valence-corrected chi connectivity index (χ3v) is 3.88.